The number of hydrogen-bond acceptors (Lipinski definition) is 4. The van der Waals surface area contributed by atoms with Crippen molar-refractivity contribution in [1.82, 2.24) is 10.6 Å². The smallest absolute Gasteiger partial charge is 0.251 e. The van der Waals surface area contributed by atoms with Gasteiger partial charge in [-0.05, 0) is 58.0 Å². The van der Waals surface area contributed by atoms with Crippen molar-refractivity contribution in [3.05, 3.63) is 71.4 Å². The van der Waals surface area contributed by atoms with Crippen molar-refractivity contribution in [3.8, 4) is 0 Å². The second-order valence-corrected chi connectivity index (χ2v) is 10.0. The van der Waals surface area contributed by atoms with Gasteiger partial charge in [-0.2, -0.15) is 0 Å². The highest BCUT2D eigenvalue weighted by atomic mass is 16.2. The van der Waals surface area contributed by atoms with Crippen LogP contribution in [-0.2, 0) is 14.4 Å². The number of carbonyl (C=O) groups is 3. The van der Waals surface area contributed by atoms with Crippen LogP contribution in [0.25, 0.3) is 0 Å². The molecular formula is C29H36N4O3. The minimum absolute atomic E-state index is 0.0658. The predicted octanol–water partition coefficient (Wildman–Crippen LogP) is 3.42. The average molecular weight is 489 g/mol. The molecule has 3 amide bonds. The van der Waals surface area contributed by atoms with E-state index in [-0.39, 0.29) is 29.6 Å². The summed E-state index contributed by atoms with van der Waals surface area (Å²) in [6.07, 6.45) is 12.6. The van der Waals surface area contributed by atoms with E-state index in [1.165, 1.54) is 18.1 Å². The van der Waals surface area contributed by atoms with Crippen LogP contribution in [0.15, 0.2) is 65.8 Å². The number of amides is 3. The molecule has 0 fully saturated rings. The molecule has 0 bridgehead atoms. The minimum Gasteiger partial charge on any atom is -0.341 e. The zero-order valence-corrected chi connectivity index (χ0v) is 21.9. The van der Waals surface area contributed by atoms with Gasteiger partial charge in [0.1, 0.15) is 6.04 Å². The van der Waals surface area contributed by atoms with Crippen molar-refractivity contribution in [2.75, 3.05) is 23.4 Å². The first-order valence-corrected chi connectivity index (χ1v) is 12.6. The molecule has 4 rings (SSSR count). The summed E-state index contributed by atoms with van der Waals surface area (Å²) in [7, 11) is 1.70. The molecule has 0 aromatic heterocycles. The molecular weight excluding hydrogens is 452 g/mol. The lowest BCUT2D eigenvalue weighted by Crippen LogP contribution is -2.60. The van der Waals surface area contributed by atoms with Gasteiger partial charge in [0, 0.05) is 25.3 Å². The Morgan fingerprint density at radius 1 is 1.11 bits per heavy atom. The van der Waals surface area contributed by atoms with Crippen LogP contribution < -0.4 is 20.4 Å². The maximum Gasteiger partial charge on any atom is 0.251 e. The summed E-state index contributed by atoms with van der Waals surface area (Å²) in [6, 6.07) is 3.89. The van der Waals surface area contributed by atoms with Crippen LogP contribution in [0.3, 0.4) is 0 Å². The van der Waals surface area contributed by atoms with E-state index in [2.05, 4.69) is 47.9 Å². The van der Waals surface area contributed by atoms with Crippen LogP contribution in [0.1, 0.15) is 33.3 Å². The van der Waals surface area contributed by atoms with E-state index in [9.17, 15) is 14.4 Å². The number of nitrogens with zero attached hydrogens (tertiary/aromatic N) is 2. The number of allylic oxidation sites excluding steroid dienone is 7. The molecule has 2 aliphatic carbocycles. The zero-order chi connectivity index (χ0) is 26.1. The van der Waals surface area contributed by atoms with Gasteiger partial charge in [-0.15, -0.1) is 0 Å². The molecule has 36 heavy (non-hydrogen) atoms. The van der Waals surface area contributed by atoms with E-state index >= 15 is 0 Å². The number of benzene rings is 1. The molecule has 0 saturated carbocycles. The van der Waals surface area contributed by atoms with Crippen LogP contribution in [-0.4, -0.2) is 49.4 Å². The Bertz CT molecular complexity index is 1190. The topological polar surface area (TPSA) is 81.8 Å². The summed E-state index contributed by atoms with van der Waals surface area (Å²) < 4.78 is 0. The summed E-state index contributed by atoms with van der Waals surface area (Å²) in [5.74, 6) is -0.455. The summed E-state index contributed by atoms with van der Waals surface area (Å²) in [4.78, 5) is 43.5. The quantitative estimate of drug-likeness (QED) is 0.666. The predicted molar refractivity (Wildman–Crippen MR) is 144 cm³/mol. The molecule has 0 spiro atoms. The Kier molecular flexibility index (Phi) is 7.31. The van der Waals surface area contributed by atoms with Gasteiger partial charge in [-0.3, -0.25) is 14.4 Å². The van der Waals surface area contributed by atoms with Crippen molar-refractivity contribution in [1.29, 1.82) is 0 Å². The molecule has 1 aliphatic heterocycles. The van der Waals surface area contributed by atoms with Crippen LogP contribution in [0.5, 0.6) is 0 Å². The molecule has 1 heterocycles. The largest absolute Gasteiger partial charge is 0.341 e. The summed E-state index contributed by atoms with van der Waals surface area (Å²) in [5.41, 5.74) is 4.77. The van der Waals surface area contributed by atoms with Crippen molar-refractivity contribution in [2.45, 2.75) is 52.7 Å². The Morgan fingerprint density at radius 3 is 2.56 bits per heavy atom. The maximum atomic E-state index is 14.2. The summed E-state index contributed by atoms with van der Waals surface area (Å²) in [5, 5.41) is 5.87. The fourth-order valence-electron chi connectivity index (χ4n) is 5.35. The Hall–Kier alpha value is -3.45. The highest BCUT2D eigenvalue weighted by molar-refractivity contribution is 6.08. The lowest BCUT2D eigenvalue weighted by Gasteiger charge is -2.36. The molecule has 0 radical (unpaired) electrons. The normalized spacial score (nSPS) is 25.9. The minimum atomic E-state index is -0.894. The van der Waals surface area contributed by atoms with Crippen molar-refractivity contribution < 1.29 is 14.4 Å². The third kappa shape index (κ3) is 4.67. The molecule has 3 unspecified atom stereocenters. The fraction of sp³-hybridized carbons (Fsp3) is 0.414. The number of likely N-dealkylation sites (N-methyl/N-ethyl adjacent to an activating group) is 1. The zero-order valence-electron chi connectivity index (χ0n) is 21.9. The molecule has 1 aromatic carbocycles. The number of nitrogens with one attached hydrogen (secondary N) is 2. The number of fused-ring (bicyclic) bond motifs is 2. The third-order valence-electron chi connectivity index (χ3n) is 7.61. The highest BCUT2D eigenvalue weighted by Gasteiger charge is 2.43. The van der Waals surface area contributed by atoms with Crippen molar-refractivity contribution in [2.24, 2.45) is 11.8 Å². The summed E-state index contributed by atoms with van der Waals surface area (Å²) in [6.45, 7) is 9.57. The summed E-state index contributed by atoms with van der Waals surface area (Å²) >= 11 is 0. The first-order valence-electron chi connectivity index (χ1n) is 12.6. The number of carbonyl (C=O) groups excluding carboxylic acids is 3. The van der Waals surface area contributed by atoms with E-state index in [0.29, 0.717) is 17.9 Å². The Balaban J connectivity index is 1.81. The van der Waals surface area contributed by atoms with Gasteiger partial charge in [0.25, 0.3) is 5.91 Å². The van der Waals surface area contributed by atoms with E-state index in [0.717, 1.165) is 5.56 Å². The second-order valence-electron chi connectivity index (χ2n) is 10.0. The SMILES string of the molecule is CN[C@@H](C)C(=O)NC1C(=O)N(CC2C(C)=CC=C3C=CC=CC32)c2ccc(C)cc2N(C(C)=O)[C@H]1C. The monoisotopic (exact) mass is 488 g/mol. The Labute approximate surface area is 213 Å². The lowest BCUT2D eigenvalue weighted by atomic mass is 9.75. The second kappa shape index (κ2) is 10.3. The third-order valence-corrected chi connectivity index (χ3v) is 7.61. The molecule has 7 heteroatoms. The van der Waals surface area contributed by atoms with E-state index in [1.54, 1.807) is 23.8 Å². The van der Waals surface area contributed by atoms with Gasteiger partial charge in [-0.25, -0.2) is 0 Å². The van der Waals surface area contributed by atoms with Crippen LogP contribution in [0, 0.1) is 18.8 Å². The first kappa shape index (κ1) is 25.6. The van der Waals surface area contributed by atoms with E-state index < -0.39 is 18.1 Å². The van der Waals surface area contributed by atoms with Gasteiger partial charge >= 0.3 is 0 Å². The van der Waals surface area contributed by atoms with E-state index in [1.807, 2.05) is 38.1 Å². The van der Waals surface area contributed by atoms with Crippen molar-refractivity contribution >= 4 is 29.1 Å². The molecule has 5 atom stereocenters. The molecule has 3 aliphatic rings. The molecule has 0 saturated heterocycles. The first-order chi connectivity index (χ1) is 17.1. The van der Waals surface area contributed by atoms with Gasteiger partial charge in [0.2, 0.25) is 11.8 Å². The molecule has 190 valence electrons. The maximum absolute atomic E-state index is 14.2. The Morgan fingerprint density at radius 2 is 1.86 bits per heavy atom. The lowest BCUT2D eigenvalue weighted by molar-refractivity contribution is -0.129. The van der Waals surface area contributed by atoms with Crippen LogP contribution in [0.4, 0.5) is 11.4 Å². The number of anilines is 2. The van der Waals surface area contributed by atoms with E-state index in [4.69, 9.17) is 0 Å². The van der Waals surface area contributed by atoms with Gasteiger partial charge in [0.15, 0.2) is 0 Å². The van der Waals surface area contributed by atoms with Gasteiger partial charge in [0.05, 0.1) is 23.5 Å². The number of hydrogen-bond donors (Lipinski definition) is 2. The molecule has 1 aromatic rings. The van der Waals surface area contributed by atoms with Crippen LogP contribution in [0.2, 0.25) is 0 Å². The van der Waals surface area contributed by atoms with Gasteiger partial charge < -0.3 is 20.4 Å². The standard InChI is InChI=1S/C29H36N4O3/c1-17-11-14-25-26(15-17)33(21(5)34)20(4)27(31-28(35)19(3)30-6)29(36)32(25)16-24-18(2)12-13-22-9-7-8-10-23(22)24/h7-15,19-20,23-24,27,30H,16H2,1-6H3,(H,31,35)/t19-,20-,23?,24?,27?/m0/s1. The van der Waals surface area contributed by atoms with Crippen molar-refractivity contribution in [3.63, 3.8) is 0 Å². The average Bonchev–Trinajstić information content (AvgIpc) is 2.93. The highest BCUT2D eigenvalue weighted by Crippen LogP contribution is 2.40. The number of aryl methyl sites for hydroxylation is 1. The van der Waals surface area contributed by atoms with Crippen LogP contribution >= 0.6 is 0 Å². The van der Waals surface area contributed by atoms with Gasteiger partial charge in [-0.1, -0.05) is 48.1 Å². The molecule has 2 N–H and O–H groups in total. The number of rotatable bonds is 5. The molecule has 7 nitrogen and oxygen atoms in total. The fourth-order valence-corrected chi connectivity index (χ4v) is 5.35.